The van der Waals surface area contributed by atoms with Gasteiger partial charge in [-0.2, -0.15) is 0 Å². The average molecular weight is 351 g/mol. The standard InChI is InChI=1S/C19H17N3O4/c1-25-15-5-2-4-14(11-15)22-18(23)13-7-8-20-17(10-13)19(24)21-12-16-6-3-9-26-16/h2-11H,12H2,1H3,(H,21,24)(H,22,23). The maximum atomic E-state index is 12.4. The lowest BCUT2D eigenvalue weighted by atomic mass is 10.2. The molecule has 2 aromatic heterocycles. The summed E-state index contributed by atoms with van der Waals surface area (Å²) in [5.74, 6) is 0.527. The number of carbonyl (C=O) groups is 2. The number of carbonyl (C=O) groups excluding carboxylic acids is 2. The molecule has 0 unspecified atom stereocenters. The first-order chi connectivity index (χ1) is 12.7. The summed E-state index contributed by atoms with van der Waals surface area (Å²) in [6, 6.07) is 13.5. The quantitative estimate of drug-likeness (QED) is 0.712. The predicted octanol–water partition coefficient (Wildman–Crippen LogP) is 2.87. The lowest BCUT2D eigenvalue weighted by Gasteiger charge is -2.08. The number of pyridine rings is 1. The van der Waals surface area contributed by atoms with E-state index in [2.05, 4.69) is 15.6 Å². The minimum absolute atomic E-state index is 0.148. The number of hydrogen-bond acceptors (Lipinski definition) is 5. The number of furan rings is 1. The van der Waals surface area contributed by atoms with Crippen LogP contribution < -0.4 is 15.4 Å². The molecule has 2 N–H and O–H groups in total. The molecule has 3 rings (SSSR count). The molecule has 3 aromatic rings. The van der Waals surface area contributed by atoms with Crippen molar-refractivity contribution in [2.75, 3.05) is 12.4 Å². The molecule has 132 valence electrons. The van der Waals surface area contributed by atoms with Gasteiger partial charge in [-0.3, -0.25) is 14.6 Å². The molecule has 7 nitrogen and oxygen atoms in total. The molecule has 0 aliphatic carbocycles. The Bertz CT molecular complexity index is 907. The summed E-state index contributed by atoms with van der Waals surface area (Å²) >= 11 is 0. The summed E-state index contributed by atoms with van der Waals surface area (Å²) in [6.45, 7) is 0.244. The molecule has 7 heteroatoms. The van der Waals surface area contributed by atoms with E-state index in [0.29, 0.717) is 22.8 Å². The van der Waals surface area contributed by atoms with Crippen LogP contribution in [0.2, 0.25) is 0 Å². The second-order valence-electron chi connectivity index (χ2n) is 5.38. The first kappa shape index (κ1) is 17.2. The number of nitrogens with one attached hydrogen (secondary N) is 2. The summed E-state index contributed by atoms with van der Waals surface area (Å²) in [7, 11) is 1.55. The van der Waals surface area contributed by atoms with Crippen LogP contribution in [0, 0.1) is 0 Å². The molecule has 0 aliphatic rings. The van der Waals surface area contributed by atoms with E-state index in [1.54, 1.807) is 49.6 Å². The fraction of sp³-hybridized carbons (Fsp3) is 0.105. The maximum Gasteiger partial charge on any atom is 0.270 e. The fourth-order valence-corrected chi connectivity index (χ4v) is 2.27. The molecule has 0 spiro atoms. The number of hydrogen-bond donors (Lipinski definition) is 2. The van der Waals surface area contributed by atoms with Crippen LogP contribution in [0.3, 0.4) is 0 Å². The number of anilines is 1. The Hall–Kier alpha value is -3.61. The van der Waals surface area contributed by atoms with Crippen LogP contribution in [0.25, 0.3) is 0 Å². The highest BCUT2D eigenvalue weighted by Gasteiger charge is 2.12. The zero-order valence-corrected chi connectivity index (χ0v) is 14.1. The SMILES string of the molecule is COc1cccc(NC(=O)c2ccnc(C(=O)NCc3ccco3)c2)c1. The van der Waals surface area contributed by atoms with Crippen molar-refractivity contribution >= 4 is 17.5 Å². The molecule has 2 heterocycles. The van der Waals surface area contributed by atoms with Gasteiger partial charge in [0.25, 0.3) is 11.8 Å². The van der Waals surface area contributed by atoms with Gasteiger partial charge in [-0.1, -0.05) is 6.07 Å². The number of ether oxygens (including phenoxy) is 1. The van der Waals surface area contributed by atoms with E-state index in [1.165, 1.54) is 18.5 Å². The summed E-state index contributed by atoms with van der Waals surface area (Å²) < 4.78 is 10.3. The molecule has 26 heavy (non-hydrogen) atoms. The van der Waals surface area contributed by atoms with Crippen molar-refractivity contribution in [2.24, 2.45) is 0 Å². The zero-order chi connectivity index (χ0) is 18.4. The van der Waals surface area contributed by atoms with E-state index in [0.717, 1.165) is 0 Å². The Morgan fingerprint density at radius 2 is 2.00 bits per heavy atom. The van der Waals surface area contributed by atoms with Gasteiger partial charge >= 0.3 is 0 Å². The second-order valence-corrected chi connectivity index (χ2v) is 5.38. The van der Waals surface area contributed by atoms with Crippen molar-refractivity contribution < 1.29 is 18.7 Å². The molecule has 0 saturated carbocycles. The Labute approximate surface area is 150 Å². The minimum atomic E-state index is -0.391. The Kier molecular flexibility index (Phi) is 5.28. The van der Waals surface area contributed by atoms with Crippen LogP contribution in [0.4, 0.5) is 5.69 Å². The first-order valence-corrected chi connectivity index (χ1v) is 7.88. The van der Waals surface area contributed by atoms with Crippen molar-refractivity contribution in [3.8, 4) is 5.75 Å². The Balaban J connectivity index is 1.67. The van der Waals surface area contributed by atoms with E-state index in [-0.39, 0.29) is 18.1 Å². The van der Waals surface area contributed by atoms with Crippen molar-refractivity contribution in [3.05, 3.63) is 78.0 Å². The predicted molar refractivity (Wildman–Crippen MR) is 95.1 cm³/mol. The summed E-state index contributed by atoms with van der Waals surface area (Å²) in [6.07, 6.45) is 2.95. The van der Waals surface area contributed by atoms with Gasteiger partial charge < -0.3 is 19.8 Å². The summed E-state index contributed by atoms with van der Waals surface area (Å²) in [4.78, 5) is 28.6. The van der Waals surface area contributed by atoms with Crippen LogP contribution in [0.5, 0.6) is 5.75 Å². The van der Waals surface area contributed by atoms with Crippen molar-refractivity contribution in [1.82, 2.24) is 10.3 Å². The largest absolute Gasteiger partial charge is 0.497 e. The number of aromatic nitrogens is 1. The van der Waals surface area contributed by atoms with Crippen molar-refractivity contribution in [1.29, 1.82) is 0 Å². The third-order valence-electron chi connectivity index (χ3n) is 3.59. The second kappa shape index (κ2) is 7.98. The number of rotatable bonds is 6. The highest BCUT2D eigenvalue weighted by Crippen LogP contribution is 2.17. The van der Waals surface area contributed by atoms with Gasteiger partial charge in [-0.15, -0.1) is 0 Å². The number of nitrogens with zero attached hydrogens (tertiary/aromatic N) is 1. The lowest BCUT2D eigenvalue weighted by molar-refractivity contribution is 0.0943. The van der Waals surface area contributed by atoms with Gasteiger partial charge in [0.05, 0.1) is 19.9 Å². The van der Waals surface area contributed by atoms with Gasteiger partial charge in [0.15, 0.2) is 0 Å². The van der Waals surface area contributed by atoms with Crippen LogP contribution >= 0.6 is 0 Å². The van der Waals surface area contributed by atoms with E-state index in [1.807, 2.05) is 0 Å². The smallest absolute Gasteiger partial charge is 0.270 e. The maximum absolute atomic E-state index is 12.4. The Morgan fingerprint density at radius 3 is 2.77 bits per heavy atom. The summed E-state index contributed by atoms with van der Waals surface area (Å²) in [5, 5.41) is 5.45. The normalized spacial score (nSPS) is 10.2. The molecular formula is C19H17N3O4. The lowest BCUT2D eigenvalue weighted by Crippen LogP contribution is -2.24. The minimum Gasteiger partial charge on any atom is -0.497 e. The number of methoxy groups -OCH3 is 1. The fourth-order valence-electron chi connectivity index (χ4n) is 2.27. The molecule has 0 fully saturated rings. The van der Waals surface area contributed by atoms with E-state index >= 15 is 0 Å². The third-order valence-corrected chi connectivity index (χ3v) is 3.59. The van der Waals surface area contributed by atoms with Gasteiger partial charge in [0.2, 0.25) is 0 Å². The number of benzene rings is 1. The van der Waals surface area contributed by atoms with Crippen molar-refractivity contribution in [3.63, 3.8) is 0 Å². The monoisotopic (exact) mass is 351 g/mol. The van der Waals surface area contributed by atoms with E-state index in [4.69, 9.17) is 9.15 Å². The average Bonchev–Trinajstić information content (AvgIpc) is 3.20. The molecular weight excluding hydrogens is 334 g/mol. The highest BCUT2D eigenvalue weighted by molar-refractivity contribution is 6.05. The van der Waals surface area contributed by atoms with E-state index in [9.17, 15) is 9.59 Å². The van der Waals surface area contributed by atoms with Gasteiger partial charge in [-0.25, -0.2) is 0 Å². The molecule has 0 atom stereocenters. The van der Waals surface area contributed by atoms with Crippen LogP contribution in [-0.4, -0.2) is 23.9 Å². The highest BCUT2D eigenvalue weighted by atomic mass is 16.5. The molecule has 0 saturated heterocycles. The first-order valence-electron chi connectivity index (χ1n) is 7.88. The van der Waals surface area contributed by atoms with Crippen LogP contribution in [0.15, 0.2) is 65.4 Å². The third kappa shape index (κ3) is 4.27. The molecule has 0 radical (unpaired) electrons. The number of amides is 2. The van der Waals surface area contributed by atoms with Gasteiger partial charge in [0.1, 0.15) is 17.2 Å². The zero-order valence-electron chi connectivity index (χ0n) is 14.1. The van der Waals surface area contributed by atoms with Crippen molar-refractivity contribution in [2.45, 2.75) is 6.54 Å². The van der Waals surface area contributed by atoms with Gasteiger partial charge in [-0.05, 0) is 36.4 Å². The molecule has 0 aliphatic heterocycles. The van der Waals surface area contributed by atoms with Crippen LogP contribution in [-0.2, 0) is 6.54 Å². The van der Waals surface area contributed by atoms with Crippen LogP contribution in [0.1, 0.15) is 26.6 Å². The van der Waals surface area contributed by atoms with Gasteiger partial charge in [0, 0.05) is 23.5 Å². The summed E-state index contributed by atoms with van der Waals surface area (Å²) in [5.41, 5.74) is 1.07. The molecule has 1 aromatic carbocycles. The molecule has 0 bridgehead atoms. The van der Waals surface area contributed by atoms with E-state index < -0.39 is 5.91 Å². The Morgan fingerprint density at radius 1 is 1.12 bits per heavy atom. The topological polar surface area (TPSA) is 93.5 Å². The molecule has 2 amide bonds.